The van der Waals surface area contributed by atoms with Gasteiger partial charge in [-0.15, -0.1) is 0 Å². The molecule has 6 nitrogen and oxygen atoms in total. The number of carbonyl (C=O) groups excluding carboxylic acids is 2. The summed E-state index contributed by atoms with van der Waals surface area (Å²) in [5, 5.41) is 1.51. The maximum atomic E-state index is 12.9. The first kappa shape index (κ1) is 21.5. The molecule has 164 valence electrons. The highest BCUT2D eigenvalue weighted by Gasteiger charge is 2.58. The van der Waals surface area contributed by atoms with Gasteiger partial charge in [0, 0.05) is 26.1 Å². The molecule has 4 rings (SSSR count). The molecule has 0 N–H and O–H groups in total. The molecular formula is C25H30N2O4. The van der Waals surface area contributed by atoms with Crippen molar-refractivity contribution >= 4 is 11.9 Å². The number of nitrogens with zero attached hydrogens (tertiary/aromatic N) is 2. The van der Waals surface area contributed by atoms with E-state index in [0.29, 0.717) is 19.4 Å². The number of amides is 1. The molecule has 1 atom stereocenters. The van der Waals surface area contributed by atoms with E-state index in [2.05, 4.69) is 36.1 Å². The van der Waals surface area contributed by atoms with Crippen LogP contribution in [0.1, 0.15) is 36.0 Å². The van der Waals surface area contributed by atoms with Gasteiger partial charge in [-0.25, -0.2) is 5.06 Å². The Morgan fingerprint density at radius 3 is 2.42 bits per heavy atom. The van der Waals surface area contributed by atoms with Crippen LogP contribution in [0.5, 0.6) is 0 Å². The van der Waals surface area contributed by atoms with Crippen molar-refractivity contribution < 1.29 is 19.2 Å². The molecule has 2 aromatic carbocycles. The highest BCUT2D eigenvalue weighted by molar-refractivity contribution is 5.88. The van der Waals surface area contributed by atoms with Gasteiger partial charge in [0.2, 0.25) is 5.91 Å². The van der Waals surface area contributed by atoms with Gasteiger partial charge in [0.05, 0.1) is 18.6 Å². The molecule has 2 fully saturated rings. The number of ether oxygens (including phenoxy) is 1. The van der Waals surface area contributed by atoms with Crippen molar-refractivity contribution in [1.82, 2.24) is 9.96 Å². The third-order valence-electron chi connectivity index (χ3n) is 6.72. The number of hydrogen-bond donors (Lipinski definition) is 0. The SMILES string of the molecule is COC(=O)C1CC(=O)N(OCc2ccccc2)C12CCN(Cc1ccccc1C)CC2. The molecular weight excluding hydrogens is 392 g/mol. The lowest BCUT2D eigenvalue weighted by atomic mass is 9.77. The molecule has 0 aliphatic carbocycles. The largest absolute Gasteiger partial charge is 0.469 e. The Labute approximate surface area is 183 Å². The molecule has 2 heterocycles. The molecule has 2 saturated heterocycles. The normalized spacial score (nSPS) is 20.9. The molecule has 2 aromatic rings. The predicted octanol–water partition coefficient (Wildman–Crippen LogP) is 3.48. The average Bonchev–Trinajstić information content (AvgIpc) is 3.06. The van der Waals surface area contributed by atoms with Crippen molar-refractivity contribution in [3.63, 3.8) is 0 Å². The summed E-state index contributed by atoms with van der Waals surface area (Å²) in [6.07, 6.45) is 1.50. The summed E-state index contributed by atoms with van der Waals surface area (Å²) in [5.41, 5.74) is 2.92. The second-order valence-electron chi connectivity index (χ2n) is 8.53. The number of methoxy groups -OCH3 is 1. The van der Waals surface area contributed by atoms with Gasteiger partial charge in [-0.1, -0.05) is 54.6 Å². The van der Waals surface area contributed by atoms with Crippen LogP contribution in [0.2, 0.25) is 0 Å². The fourth-order valence-electron chi connectivity index (χ4n) is 4.87. The van der Waals surface area contributed by atoms with Crippen molar-refractivity contribution in [2.45, 2.75) is 44.9 Å². The summed E-state index contributed by atoms with van der Waals surface area (Å²) in [6, 6.07) is 18.2. The Bertz CT molecular complexity index is 922. The van der Waals surface area contributed by atoms with Crippen LogP contribution in [-0.4, -0.2) is 47.6 Å². The number of hydroxylamine groups is 2. The van der Waals surface area contributed by atoms with Gasteiger partial charge in [0.25, 0.3) is 0 Å². The summed E-state index contributed by atoms with van der Waals surface area (Å²) in [6.45, 7) is 4.88. The van der Waals surface area contributed by atoms with Gasteiger partial charge in [-0.05, 0) is 36.5 Å². The first-order chi connectivity index (χ1) is 15.0. The molecule has 6 heteroatoms. The number of benzene rings is 2. The predicted molar refractivity (Wildman–Crippen MR) is 117 cm³/mol. The van der Waals surface area contributed by atoms with E-state index in [4.69, 9.17) is 9.57 Å². The van der Waals surface area contributed by atoms with E-state index in [-0.39, 0.29) is 18.3 Å². The van der Waals surface area contributed by atoms with Crippen molar-refractivity contribution in [3.05, 3.63) is 71.3 Å². The first-order valence-electron chi connectivity index (χ1n) is 10.9. The highest BCUT2D eigenvalue weighted by Crippen LogP contribution is 2.44. The lowest BCUT2D eigenvalue weighted by Crippen LogP contribution is -2.57. The minimum atomic E-state index is -0.652. The third kappa shape index (κ3) is 4.36. The maximum absolute atomic E-state index is 12.9. The van der Waals surface area contributed by atoms with Gasteiger partial charge in [-0.3, -0.25) is 19.3 Å². The third-order valence-corrected chi connectivity index (χ3v) is 6.72. The molecule has 0 bridgehead atoms. The summed E-state index contributed by atoms with van der Waals surface area (Å²) in [5.74, 6) is -0.966. The number of likely N-dealkylation sites (tertiary alicyclic amines) is 1. The van der Waals surface area contributed by atoms with Gasteiger partial charge in [0.1, 0.15) is 6.61 Å². The van der Waals surface area contributed by atoms with Gasteiger partial charge in [0.15, 0.2) is 0 Å². The fourth-order valence-corrected chi connectivity index (χ4v) is 4.87. The maximum Gasteiger partial charge on any atom is 0.311 e. The molecule has 0 saturated carbocycles. The zero-order valence-corrected chi connectivity index (χ0v) is 18.3. The zero-order chi connectivity index (χ0) is 21.8. The summed E-state index contributed by atoms with van der Waals surface area (Å²) < 4.78 is 5.07. The molecule has 1 spiro atoms. The monoisotopic (exact) mass is 422 g/mol. The summed E-state index contributed by atoms with van der Waals surface area (Å²) in [7, 11) is 1.39. The molecule has 31 heavy (non-hydrogen) atoms. The number of aryl methyl sites for hydroxylation is 1. The van der Waals surface area contributed by atoms with E-state index < -0.39 is 11.5 Å². The minimum absolute atomic E-state index is 0.138. The molecule has 1 unspecified atom stereocenters. The van der Waals surface area contributed by atoms with Crippen LogP contribution in [0.15, 0.2) is 54.6 Å². The van der Waals surface area contributed by atoms with E-state index in [1.807, 2.05) is 30.3 Å². The van der Waals surface area contributed by atoms with E-state index in [0.717, 1.165) is 25.2 Å². The molecule has 2 aliphatic heterocycles. The highest BCUT2D eigenvalue weighted by atomic mass is 16.7. The van der Waals surface area contributed by atoms with Crippen molar-refractivity contribution in [2.75, 3.05) is 20.2 Å². The number of rotatable bonds is 6. The van der Waals surface area contributed by atoms with Crippen LogP contribution in [0.25, 0.3) is 0 Å². The first-order valence-corrected chi connectivity index (χ1v) is 10.9. The van der Waals surface area contributed by atoms with Crippen LogP contribution in [0.4, 0.5) is 0 Å². The van der Waals surface area contributed by atoms with E-state index in [1.165, 1.54) is 23.3 Å². The van der Waals surface area contributed by atoms with E-state index in [1.54, 1.807) is 0 Å². The quantitative estimate of drug-likeness (QED) is 0.667. The number of carbonyl (C=O) groups is 2. The van der Waals surface area contributed by atoms with E-state index >= 15 is 0 Å². The Kier molecular flexibility index (Phi) is 6.39. The minimum Gasteiger partial charge on any atom is -0.469 e. The smallest absolute Gasteiger partial charge is 0.311 e. The second kappa shape index (κ2) is 9.20. The number of piperidine rings is 1. The Morgan fingerprint density at radius 2 is 1.74 bits per heavy atom. The lowest BCUT2D eigenvalue weighted by molar-refractivity contribution is -0.229. The fraction of sp³-hybridized carbons (Fsp3) is 0.440. The topological polar surface area (TPSA) is 59.1 Å². The average molecular weight is 423 g/mol. The Hall–Kier alpha value is -2.70. The van der Waals surface area contributed by atoms with Gasteiger partial charge in [-0.2, -0.15) is 0 Å². The van der Waals surface area contributed by atoms with Crippen LogP contribution in [0, 0.1) is 12.8 Å². The van der Waals surface area contributed by atoms with Crippen LogP contribution in [0.3, 0.4) is 0 Å². The van der Waals surface area contributed by atoms with Gasteiger partial charge < -0.3 is 4.74 Å². The van der Waals surface area contributed by atoms with Crippen molar-refractivity contribution in [2.24, 2.45) is 5.92 Å². The zero-order valence-electron chi connectivity index (χ0n) is 18.3. The van der Waals surface area contributed by atoms with Crippen molar-refractivity contribution in [1.29, 1.82) is 0 Å². The molecule has 0 aromatic heterocycles. The standard InChI is InChI=1S/C25H30N2O4/c1-19-8-6-7-11-21(19)17-26-14-12-25(13-15-26)22(24(29)30-2)16-23(28)27(25)31-18-20-9-4-3-5-10-20/h3-11,22H,12-18H2,1-2H3. The Morgan fingerprint density at radius 1 is 1.06 bits per heavy atom. The summed E-state index contributed by atoms with van der Waals surface area (Å²) in [4.78, 5) is 33.9. The second-order valence-corrected chi connectivity index (χ2v) is 8.53. The Balaban J connectivity index is 1.50. The molecule has 2 aliphatic rings. The van der Waals surface area contributed by atoms with Crippen LogP contribution >= 0.6 is 0 Å². The molecule has 1 amide bonds. The number of hydrogen-bond acceptors (Lipinski definition) is 5. The number of esters is 1. The molecule has 0 radical (unpaired) electrons. The summed E-state index contributed by atoms with van der Waals surface area (Å²) >= 11 is 0. The van der Waals surface area contributed by atoms with E-state index in [9.17, 15) is 9.59 Å². The van der Waals surface area contributed by atoms with Crippen LogP contribution < -0.4 is 0 Å². The van der Waals surface area contributed by atoms with Gasteiger partial charge >= 0.3 is 5.97 Å². The lowest BCUT2D eigenvalue weighted by Gasteiger charge is -2.45. The van der Waals surface area contributed by atoms with Crippen molar-refractivity contribution in [3.8, 4) is 0 Å². The van der Waals surface area contributed by atoms with Crippen LogP contribution in [-0.2, 0) is 32.3 Å².